The number of para-hydroxylation sites is 1. The maximum atomic E-state index is 13.0. The molecule has 0 N–H and O–H groups in total. The Morgan fingerprint density at radius 2 is 1.65 bits per heavy atom. The third-order valence-corrected chi connectivity index (χ3v) is 6.71. The summed E-state index contributed by atoms with van der Waals surface area (Å²) in [7, 11) is 1.82. The first-order valence-electron chi connectivity index (χ1n) is 10.8. The van der Waals surface area contributed by atoms with Crippen molar-refractivity contribution in [1.82, 2.24) is 19.7 Å². The van der Waals surface area contributed by atoms with Crippen molar-refractivity contribution in [3.63, 3.8) is 0 Å². The van der Waals surface area contributed by atoms with Gasteiger partial charge in [0.05, 0.1) is 18.3 Å². The van der Waals surface area contributed by atoms with Crippen molar-refractivity contribution in [2.45, 2.75) is 43.3 Å². The number of benzene rings is 2. The van der Waals surface area contributed by atoms with Crippen molar-refractivity contribution in [3.05, 3.63) is 72.1 Å². The molecule has 1 saturated heterocycles. The summed E-state index contributed by atoms with van der Waals surface area (Å²) < 4.78 is 2.17. The number of nitrogens with zero attached hydrogens (tertiary/aromatic N) is 5. The van der Waals surface area contributed by atoms with E-state index < -0.39 is 0 Å². The molecule has 0 saturated carbocycles. The topological polar surface area (TPSA) is 54.3 Å². The van der Waals surface area contributed by atoms with Crippen LogP contribution < -0.4 is 4.90 Å². The van der Waals surface area contributed by atoms with Crippen LogP contribution in [0, 0.1) is 0 Å². The zero-order valence-electron chi connectivity index (χ0n) is 18.1. The van der Waals surface area contributed by atoms with Gasteiger partial charge in [-0.25, -0.2) is 0 Å². The van der Waals surface area contributed by atoms with Crippen LogP contribution in [0.25, 0.3) is 0 Å². The largest absolute Gasteiger partial charge is 0.315 e. The quantitative estimate of drug-likeness (QED) is 0.500. The minimum absolute atomic E-state index is 0.0477. The van der Waals surface area contributed by atoms with E-state index in [2.05, 4.69) is 31.8 Å². The van der Waals surface area contributed by atoms with E-state index in [1.54, 1.807) is 4.90 Å². The van der Waals surface area contributed by atoms with Crippen molar-refractivity contribution in [2.24, 2.45) is 0 Å². The predicted molar refractivity (Wildman–Crippen MR) is 125 cm³/mol. The van der Waals surface area contributed by atoms with E-state index in [1.807, 2.05) is 62.5 Å². The number of carbonyl (C=O) groups excluding carboxylic acids is 1. The average Bonchev–Trinajstić information content (AvgIpc) is 3.45. The lowest BCUT2D eigenvalue weighted by molar-refractivity contribution is -0.117. The van der Waals surface area contributed by atoms with Crippen LogP contribution in [0.2, 0.25) is 0 Å². The lowest BCUT2D eigenvalue weighted by Gasteiger charge is -2.21. The Labute approximate surface area is 188 Å². The molecule has 6 nitrogen and oxygen atoms in total. The lowest BCUT2D eigenvalue weighted by Crippen LogP contribution is -2.33. The average molecular weight is 436 g/mol. The van der Waals surface area contributed by atoms with Crippen LogP contribution in [0.4, 0.5) is 5.69 Å². The molecule has 3 aromatic rings. The van der Waals surface area contributed by atoms with E-state index in [1.165, 1.54) is 30.2 Å². The highest BCUT2D eigenvalue weighted by Gasteiger charge is 2.24. The van der Waals surface area contributed by atoms with Crippen LogP contribution in [0.5, 0.6) is 0 Å². The first kappa shape index (κ1) is 21.6. The smallest absolute Gasteiger partial charge is 0.240 e. The maximum Gasteiger partial charge on any atom is 0.240 e. The summed E-state index contributed by atoms with van der Waals surface area (Å²) in [5.41, 5.74) is 2.09. The summed E-state index contributed by atoms with van der Waals surface area (Å²) in [4.78, 5) is 17.2. The fraction of sp³-hybridized carbons (Fsp3) is 0.375. The van der Waals surface area contributed by atoms with Gasteiger partial charge in [-0.05, 0) is 50.6 Å². The van der Waals surface area contributed by atoms with Crippen LogP contribution in [0.15, 0.2) is 65.8 Å². The SMILES string of the molecule is CC(Sc1nnc(CN2CCCC2)n1Cc1ccccc1)C(=O)N(C)c1ccccc1. The van der Waals surface area contributed by atoms with Crippen molar-refractivity contribution < 1.29 is 4.79 Å². The predicted octanol–water partition coefficient (Wildman–Crippen LogP) is 4.07. The molecule has 1 aromatic heterocycles. The van der Waals surface area contributed by atoms with E-state index in [0.717, 1.165) is 36.3 Å². The van der Waals surface area contributed by atoms with Gasteiger partial charge in [0.2, 0.25) is 5.91 Å². The molecule has 31 heavy (non-hydrogen) atoms. The van der Waals surface area contributed by atoms with Crippen LogP contribution in [0.3, 0.4) is 0 Å². The van der Waals surface area contributed by atoms with Crippen LogP contribution in [-0.4, -0.2) is 51.0 Å². The molecular formula is C24H29N5OS. The number of anilines is 1. The van der Waals surface area contributed by atoms with Crippen molar-refractivity contribution in [3.8, 4) is 0 Å². The van der Waals surface area contributed by atoms with Gasteiger partial charge >= 0.3 is 0 Å². The van der Waals surface area contributed by atoms with Gasteiger partial charge in [-0.1, -0.05) is 60.3 Å². The highest BCUT2D eigenvalue weighted by atomic mass is 32.2. The monoisotopic (exact) mass is 435 g/mol. The molecule has 162 valence electrons. The Bertz CT molecular complexity index is 986. The minimum atomic E-state index is -0.274. The highest BCUT2D eigenvalue weighted by Crippen LogP contribution is 2.26. The number of likely N-dealkylation sites (tertiary alicyclic amines) is 1. The number of hydrogen-bond acceptors (Lipinski definition) is 5. The summed E-state index contributed by atoms with van der Waals surface area (Å²) in [6.07, 6.45) is 2.48. The molecule has 2 heterocycles. The molecule has 1 amide bonds. The third kappa shape index (κ3) is 5.35. The molecule has 0 spiro atoms. The molecule has 1 unspecified atom stereocenters. The first-order valence-corrected chi connectivity index (χ1v) is 11.7. The Hall–Kier alpha value is -2.64. The zero-order chi connectivity index (χ0) is 21.6. The standard InChI is InChI=1S/C24H29N5OS/c1-19(23(30)27(2)21-13-7-4-8-14-21)31-24-26-25-22(18-28-15-9-10-16-28)29(24)17-20-11-5-3-6-12-20/h3-8,11-14,19H,9-10,15-18H2,1-2H3. The molecule has 7 heteroatoms. The molecule has 1 atom stereocenters. The highest BCUT2D eigenvalue weighted by molar-refractivity contribution is 8.00. The van der Waals surface area contributed by atoms with Gasteiger partial charge in [-0.15, -0.1) is 10.2 Å². The van der Waals surface area contributed by atoms with Gasteiger partial charge in [-0.3, -0.25) is 9.69 Å². The van der Waals surface area contributed by atoms with Gasteiger partial charge < -0.3 is 9.47 Å². The second-order valence-corrected chi connectivity index (χ2v) is 9.25. The van der Waals surface area contributed by atoms with Gasteiger partial charge in [-0.2, -0.15) is 0 Å². The van der Waals surface area contributed by atoms with Gasteiger partial charge in [0.15, 0.2) is 5.16 Å². The zero-order valence-corrected chi connectivity index (χ0v) is 19.0. The van der Waals surface area contributed by atoms with Crippen LogP contribution in [-0.2, 0) is 17.9 Å². The third-order valence-electron chi connectivity index (χ3n) is 5.64. The molecule has 1 aliphatic heterocycles. The Balaban J connectivity index is 1.53. The minimum Gasteiger partial charge on any atom is -0.315 e. The summed E-state index contributed by atoms with van der Waals surface area (Å²) >= 11 is 1.48. The van der Waals surface area contributed by atoms with Gasteiger partial charge in [0, 0.05) is 12.7 Å². The summed E-state index contributed by atoms with van der Waals surface area (Å²) in [5, 5.41) is 9.52. The van der Waals surface area contributed by atoms with E-state index in [-0.39, 0.29) is 11.2 Å². The molecular weight excluding hydrogens is 406 g/mol. The Morgan fingerprint density at radius 1 is 1.00 bits per heavy atom. The Morgan fingerprint density at radius 3 is 2.32 bits per heavy atom. The summed E-state index contributed by atoms with van der Waals surface area (Å²) in [6.45, 7) is 5.66. The summed E-state index contributed by atoms with van der Waals surface area (Å²) in [5.74, 6) is 1.01. The van der Waals surface area contributed by atoms with E-state index in [0.29, 0.717) is 6.54 Å². The van der Waals surface area contributed by atoms with E-state index in [9.17, 15) is 4.79 Å². The van der Waals surface area contributed by atoms with Crippen molar-refractivity contribution in [2.75, 3.05) is 25.0 Å². The van der Waals surface area contributed by atoms with Crippen molar-refractivity contribution >= 4 is 23.4 Å². The second-order valence-electron chi connectivity index (χ2n) is 7.95. The molecule has 0 radical (unpaired) electrons. The van der Waals surface area contributed by atoms with Crippen LogP contribution >= 0.6 is 11.8 Å². The fourth-order valence-corrected chi connectivity index (χ4v) is 4.81. The van der Waals surface area contributed by atoms with E-state index in [4.69, 9.17) is 0 Å². The number of hydrogen-bond donors (Lipinski definition) is 0. The molecule has 1 aliphatic rings. The molecule has 0 aliphatic carbocycles. The fourth-order valence-electron chi connectivity index (χ4n) is 3.85. The summed E-state index contributed by atoms with van der Waals surface area (Å²) in [6, 6.07) is 20.1. The van der Waals surface area contributed by atoms with Crippen molar-refractivity contribution in [1.29, 1.82) is 0 Å². The lowest BCUT2D eigenvalue weighted by atomic mass is 10.2. The number of amides is 1. The molecule has 2 aromatic carbocycles. The number of carbonyl (C=O) groups is 1. The maximum absolute atomic E-state index is 13.0. The first-order chi connectivity index (χ1) is 15.1. The second kappa shape index (κ2) is 10.1. The van der Waals surface area contributed by atoms with Gasteiger partial charge in [0.25, 0.3) is 0 Å². The number of aromatic nitrogens is 3. The normalized spacial score (nSPS) is 15.2. The van der Waals surface area contributed by atoms with Gasteiger partial charge in [0.1, 0.15) is 5.82 Å². The number of thioether (sulfide) groups is 1. The molecule has 4 rings (SSSR count). The van der Waals surface area contributed by atoms with Crippen LogP contribution in [0.1, 0.15) is 31.2 Å². The Kier molecular flexibility index (Phi) is 7.04. The number of rotatable bonds is 8. The molecule has 0 bridgehead atoms. The molecule has 1 fully saturated rings. The van der Waals surface area contributed by atoms with E-state index >= 15 is 0 Å².